The van der Waals surface area contributed by atoms with Crippen molar-refractivity contribution < 1.29 is 4.42 Å². The summed E-state index contributed by atoms with van der Waals surface area (Å²) in [5.41, 5.74) is 5.44. The van der Waals surface area contributed by atoms with E-state index < -0.39 is 0 Å². The van der Waals surface area contributed by atoms with Gasteiger partial charge >= 0.3 is 0 Å². The van der Waals surface area contributed by atoms with Gasteiger partial charge in [-0.15, -0.1) is 11.3 Å². The van der Waals surface area contributed by atoms with Crippen molar-refractivity contribution in [3.8, 4) is 17.2 Å². The van der Waals surface area contributed by atoms with Crippen LogP contribution < -0.4 is 0 Å². The van der Waals surface area contributed by atoms with Crippen LogP contribution >= 0.6 is 11.3 Å². The fourth-order valence-corrected chi connectivity index (χ4v) is 7.82. The minimum Gasteiger partial charge on any atom is -0.450 e. The zero-order chi connectivity index (χ0) is 28.1. The molecule has 0 saturated carbocycles. The summed E-state index contributed by atoms with van der Waals surface area (Å²) in [6.07, 6.45) is 0. The van der Waals surface area contributed by atoms with Crippen molar-refractivity contribution in [3.63, 3.8) is 0 Å². The van der Waals surface area contributed by atoms with Crippen molar-refractivity contribution in [1.29, 1.82) is 0 Å². The fraction of sp³-hybridized carbons (Fsp3) is 0. The number of aromatic nitrogens is 3. The van der Waals surface area contributed by atoms with Crippen LogP contribution in [0.5, 0.6) is 0 Å². The molecule has 4 heterocycles. The minimum absolute atomic E-state index is 0.674. The number of fused-ring (bicyclic) bond motifs is 11. The third-order valence-electron chi connectivity index (χ3n) is 8.60. The Labute approximate surface area is 249 Å². The van der Waals surface area contributed by atoms with Gasteiger partial charge in [-0.3, -0.25) is 4.57 Å². The Morgan fingerprint density at radius 1 is 0.558 bits per heavy atom. The lowest BCUT2D eigenvalue weighted by Gasteiger charge is -2.10. The standard InChI is InChI=1S/C38H21N3OS/c1-2-10-22(11-3-1)37-39-35-26-14-5-8-16-31(26)42-36(35)38(40-37)41-29-15-7-4-13-25(29)34-27-21-28-24-12-6-9-17-32(24)43-33(28)20-23(27)18-19-30(34)41/h1-21H. The average Bonchev–Trinajstić information content (AvgIpc) is 3.73. The highest BCUT2D eigenvalue weighted by atomic mass is 32.1. The molecule has 0 spiro atoms. The number of thiophene rings is 1. The molecule has 0 radical (unpaired) electrons. The molecule has 200 valence electrons. The van der Waals surface area contributed by atoms with E-state index in [2.05, 4.69) is 95.6 Å². The molecule has 10 aromatic rings. The molecule has 0 amide bonds. The summed E-state index contributed by atoms with van der Waals surface area (Å²) in [6, 6.07) is 44.8. The van der Waals surface area contributed by atoms with Gasteiger partial charge in [0.1, 0.15) is 11.1 Å². The highest BCUT2D eigenvalue weighted by Crippen LogP contribution is 2.43. The van der Waals surface area contributed by atoms with Gasteiger partial charge < -0.3 is 4.42 Å². The average molecular weight is 568 g/mol. The highest BCUT2D eigenvalue weighted by Gasteiger charge is 2.23. The molecule has 0 atom stereocenters. The quantitative estimate of drug-likeness (QED) is 0.209. The maximum atomic E-state index is 6.53. The Hall–Kier alpha value is -5.52. The van der Waals surface area contributed by atoms with E-state index in [4.69, 9.17) is 14.4 Å². The zero-order valence-electron chi connectivity index (χ0n) is 22.8. The third-order valence-corrected chi connectivity index (χ3v) is 9.73. The van der Waals surface area contributed by atoms with E-state index in [1.54, 1.807) is 0 Å². The smallest absolute Gasteiger partial charge is 0.197 e. The summed E-state index contributed by atoms with van der Waals surface area (Å²) in [5.74, 6) is 1.42. The Morgan fingerprint density at radius 3 is 2.23 bits per heavy atom. The van der Waals surface area contributed by atoms with Crippen LogP contribution in [0.25, 0.3) is 92.0 Å². The number of para-hydroxylation sites is 2. The van der Waals surface area contributed by atoms with Crippen LogP contribution in [0, 0.1) is 0 Å². The summed E-state index contributed by atoms with van der Waals surface area (Å²) in [6.45, 7) is 0. The van der Waals surface area contributed by atoms with E-state index in [-0.39, 0.29) is 0 Å². The van der Waals surface area contributed by atoms with E-state index >= 15 is 0 Å². The predicted octanol–water partition coefficient (Wildman–Crippen LogP) is 10.7. The molecule has 0 aliphatic carbocycles. The van der Waals surface area contributed by atoms with E-state index in [1.165, 1.54) is 41.7 Å². The maximum absolute atomic E-state index is 6.53. The van der Waals surface area contributed by atoms with Crippen LogP contribution in [0.1, 0.15) is 0 Å². The number of rotatable bonds is 2. The normalized spacial score (nSPS) is 12.2. The second-order valence-corrected chi connectivity index (χ2v) is 12.1. The monoisotopic (exact) mass is 567 g/mol. The van der Waals surface area contributed by atoms with Crippen molar-refractivity contribution in [1.82, 2.24) is 14.5 Å². The molecule has 0 fully saturated rings. The first-order chi connectivity index (χ1) is 21.3. The van der Waals surface area contributed by atoms with E-state index in [1.807, 2.05) is 47.7 Å². The lowest BCUT2D eigenvalue weighted by Crippen LogP contribution is -2.01. The van der Waals surface area contributed by atoms with Crippen molar-refractivity contribution in [3.05, 3.63) is 127 Å². The first-order valence-corrected chi connectivity index (χ1v) is 15.2. The van der Waals surface area contributed by atoms with Crippen LogP contribution in [-0.2, 0) is 0 Å². The second kappa shape index (κ2) is 8.51. The Balaban J connectivity index is 1.38. The van der Waals surface area contributed by atoms with E-state index in [0.717, 1.165) is 38.9 Å². The van der Waals surface area contributed by atoms with Crippen LogP contribution in [0.3, 0.4) is 0 Å². The molecule has 0 aliphatic heterocycles. The van der Waals surface area contributed by atoms with Crippen molar-refractivity contribution in [2.45, 2.75) is 0 Å². The van der Waals surface area contributed by atoms with Gasteiger partial charge in [0.25, 0.3) is 0 Å². The first-order valence-electron chi connectivity index (χ1n) is 14.3. The molecular weight excluding hydrogens is 547 g/mol. The summed E-state index contributed by atoms with van der Waals surface area (Å²) < 4.78 is 11.4. The predicted molar refractivity (Wildman–Crippen MR) is 179 cm³/mol. The zero-order valence-corrected chi connectivity index (χ0v) is 23.6. The SMILES string of the molecule is c1ccc(-c2nc(-n3c4ccccc4c4c5cc6c(cc5ccc43)sc3ccccc36)c3oc4ccccc4c3n2)cc1. The van der Waals surface area contributed by atoms with E-state index in [9.17, 15) is 0 Å². The van der Waals surface area contributed by atoms with Gasteiger partial charge in [0.05, 0.1) is 11.0 Å². The second-order valence-electron chi connectivity index (χ2n) is 11.0. The lowest BCUT2D eigenvalue weighted by atomic mass is 10.0. The maximum Gasteiger partial charge on any atom is 0.197 e. The lowest BCUT2D eigenvalue weighted by molar-refractivity contribution is 0.662. The number of furan rings is 1. The van der Waals surface area contributed by atoms with Crippen molar-refractivity contribution in [2.75, 3.05) is 0 Å². The van der Waals surface area contributed by atoms with Gasteiger partial charge in [0.15, 0.2) is 17.2 Å². The van der Waals surface area contributed by atoms with Crippen LogP contribution in [0.2, 0.25) is 0 Å². The summed E-state index contributed by atoms with van der Waals surface area (Å²) in [5, 5.41) is 8.46. The third kappa shape index (κ3) is 3.20. The molecule has 0 aliphatic rings. The number of nitrogens with zero attached hydrogens (tertiary/aromatic N) is 3. The minimum atomic E-state index is 0.674. The molecule has 0 bridgehead atoms. The summed E-state index contributed by atoms with van der Waals surface area (Å²) in [7, 11) is 0. The molecule has 0 N–H and O–H groups in total. The molecule has 10 rings (SSSR count). The molecule has 0 saturated heterocycles. The van der Waals surface area contributed by atoms with Crippen LogP contribution in [0.15, 0.2) is 132 Å². The van der Waals surface area contributed by atoms with Gasteiger partial charge in [-0.05, 0) is 53.2 Å². The fourth-order valence-electron chi connectivity index (χ4n) is 6.68. The molecular formula is C38H21N3OS. The van der Waals surface area contributed by atoms with Gasteiger partial charge in [0, 0.05) is 41.9 Å². The first kappa shape index (κ1) is 23.1. The Bertz CT molecular complexity index is 2730. The van der Waals surface area contributed by atoms with E-state index in [0.29, 0.717) is 11.4 Å². The van der Waals surface area contributed by atoms with Crippen molar-refractivity contribution in [2.24, 2.45) is 0 Å². The molecule has 5 heteroatoms. The van der Waals surface area contributed by atoms with Crippen LogP contribution in [-0.4, -0.2) is 14.5 Å². The number of hydrogen-bond acceptors (Lipinski definition) is 4. The van der Waals surface area contributed by atoms with Gasteiger partial charge in [-0.1, -0.05) is 84.9 Å². The largest absolute Gasteiger partial charge is 0.450 e. The molecule has 0 unspecified atom stereocenters. The Kier molecular flexibility index (Phi) is 4.57. The van der Waals surface area contributed by atoms with Gasteiger partial charge in [-0.25, -0.2) is 9.97 Å². The van der Waals surface area contributed by atoms with Crippen molar-refractivity contribution >= 4 is 86.2 Å². The highest BCUT2D eigenvalue weighted by molar-refractivity contribution is 7.25. The summed E-state index contributed by atoms with van der Waals surface area (Å²) >= 11 is 1.86. The topological polar surface area (TPSA) is 43.9 Å². The number of hydrogen-bond donors (Lipinski definition) is 0. The number of benzene rings is 6. The molecule has 6 aromatic carbocycles. The molecule has 4 nitrogen and oxygen atoms in total. The molecule has 43 heavy (non-hydrogen) atoms. The van der Waals surface area contributed by atoms with Gasteiger partial charge in [-0.2, -0.15) is 0 Å². The Morgan fingerprint density at radius 2 is 1.33 bits per heavy atom. The molecule has 4 aromatic heterocycles. The van der Waals surface area contributed by atoms with Gasteiger partial charge in [0.2, 0.25) is 0 Å². The summed E-state index contributed by atoms with van der Waals surface area (Å²) in [4.78, 5) is 10.3. The van der Waals surface area contributed by atoms with Crippen LogP contribution in [0.4, 0.5) is 0 Å².